The van der Waals surface area contributed by atoms with Crippen molar-refractivity contribution < 1.29 is 13.9 Å². The van der Waals surface area contributed by atoms with Crippen molar-refractivity contribution in [3.8, 4) is 22.9 Å². The molecule has 0 aliphatic carbocycles. The second-order valence-electron chi connectivity index (χ2n) is 7.48. The minimum absolute atomic E-state index is 0.148. The molecule has 3 aromatic heterocycles. The topological polar surface area (TPSA) is 95.1 Å². The van der Waals surface area contributed by atoms with Crippen molar-refractivity contribution in [2.75, 3.05) is 11.1 Å². The molecular weight excluding hydrogens is 462 g/mol. The molecule has 0 unspecified atom stereocenters. The van der Waals surface area contributed by atoms with Crippen LogP contribution in [0.15, 0.2) is 107 Å². The number of amides is 1. The Morgan fingerprint density at radius 2 is 1.69 bits per heavy atom. The van der Waals surface area contributed by atoms with E-state index in [0.717, 1.165) is 17.1 Å². The Bertz CT molecular complexity index is 1370. The molecule has 0 aliphatic rings. The summed E-state index contributed by atoms with van der Waals surface area (Å²) < 4.78 is 13.2. The maximum atomic E-state index is 12.6. The number of aromatic nitrogens is 4. The van der Waals surface area contributed by atoms with Gasteiger partial charge in [-0.1, -0.05) is 30.0 Å². The van der Waals surface area contributed by atoms with Crippen LogP contribution in [0.3, 0.4) is 0 Å². The molecule has 8 nitrogen and oxygen atoms in total. The molecule has 3 heterocycles. The molecule has 0 radical (unpaired) electrons. The number of ether oxygens (including phenoxy) is 1. The number of furan rings is 1. The fraction of sp³-hybridized carbons (Fsp3) is 0.0769. The molecule has 9 heteroatoms. The largest absolute Gasteiger partial charge is 0.467 e. The number of benzene rings is 2. The molecule has 5 rings (SSSR count). The van der Waals surface area contributed by atoms with Crippen molar-refractivity contribution in [2.24, 2.45) is 0 Å². The van der Waals surface area contributed by atoms with Crippen molar-refractivity contribution in [1.29, 1.82) is 0 Å². The Hall–Kier alpha value is -4.37. The summed E-state index contributed by atoms with van der Waals surface area (Å²) in [4.78, 5) is 16.7. The monoisotopic (exact) mass is 483 g/mol. The van der Waals surface area contributed by atoms with Gasteiger partial charge in [-0.05, 0) is 60.7 Å². The zero-order valence-corrected chi connectivity index (χ0v) is 19.4. The number of para-hydroxylation sites is 1. The quantitative estimate of drug-likeness (QED) is 0.276. The number of pyridine rings is 1. The first kappa shape index (κ1) is 22.4. The SMILES string of the molecule is O=C(CSc1nnc(-c2ccncc2)n1Cc1ccco1)Nc1ccc(Oc2ccccc2)cc1. The van der Waals surface area contributed by atoms with E-state index in [0.29, 0.717) is 29.0 Å². The average molecular weight is 484 g/mol. The third-order valence-electron chi connectivity index (χ3n) is 5.00. The van der Waals surface area contributed by atoms with E-state index < -0.39 is 0 Å². The Morgan fingerprint density at radius 1 is 0.914 bits per heavy atom. The summed E-state index contributed by atoms with van der Waals surface area (Å²) in [6.45, 7) is 0.449. The third-order valence-corrected chi connectivity index (χ3v) is 5.97. The van der Waals surface area contributed by atoms with Crippen LogP contribution in [0, 0.1) is 0 Å². The van der Waals surface area contributed by atoms with Crippen LogP contribution in [-0.4, -0.2) is 31.4 Å². The van der Waals surface area contributed by atoms with Crippen LogP contribution in [0.5, 0.6) is 11.5 Å². The maximum Gasteiger partial charge on any atom is 0.234 e. The Morgan fingerprint density at radius 3 is 2.43 bits per heavy atom. The second-order valence-corrected chi connectivity index (χ2v) is 8.43. The average Bonchev–Trinajstić information content (AvgIpc) is 3.56. The highest BCUT2D eigenvalue weighted by Gasteiger charge is 2.17. The summed E-state index contributed by atoms with van der Waals surface area (Å²) in [7, 11) is 0. The van der Waals surface area contributed by atoms with E-state index in [2.05, 4.69) is 20.5 Å². The smallest absolute Gasteiger partial charge is 0.234 e. The zero-order chi connectivity index (χ0) is 23.9. The lowest BCUT2D eigenvalue weighted by Gasteiger charge is -2.10. The van der Waals surface area contributed by atoms with Crippen LogP contribution in [0.1, 0.15) is 5.76 Å². The lowest BCUT2D eigenvalue weighted by Crippen LogP contribution is -2.14. The summed E-state index contributed by atoms with van der Waals surface area (Å²) in [5, 5.41) is 12.2. The van der Waals surface area contributed by atoms with Gasteiger partial charge in [0.05, 0.1) is 18.6 Å². The van der Waals surface area contributed by atoms with Gasteiger partial charge in [0.15, 0.2) is 11.0 Å². The molecule has 1 amide bonds. The van der Waals surface area contributed by atoms with E-state index >= 15 is 0 Å². The molecule has 0 fully saturated rings. The van der Waals surface area contributed by atoms with Crippen molar-refractivity contribution in [1.82, 2.24) is 19.7 Å². The summed E-state index contributed by atoms with van der Waals surface area (Å²) in [6.07, 6.45) is 5.04. The number of carbonyl (C=O) groups excluding carboxylic acids is 1. The summed E-state index contributed by atoms with van der Waals surface area (Å²) in [5.41, 5.74) is 1.57. The normalized spacial score (nSPS) is 10.7. The van der Waals surface area contributed by atoms with Crippen molar-refractivity contribution >= 4 is 23.4 Å². The van der Waals surface area contributed by atoms with Gasteiger partial charge >= 0.3 is 0 Å². The van der Waals surface area contributed by atoms with Crippen molar-refractivity contribution in [3.05, 3.63) is 103 Å². The number of rotatable bonds is 9. The van der Waals surface area contributed by atoms with Gasteiger partial charge in [-0.3, -0.25) is 14.3 Å². The molecule has 0 saturated heterocycles. The van der Waals surface area contributed by atoms with Crippen LogP contribution in [-0.2, 0) is 11.3 Å². The van der Waals surface area contributed by atoms with Gasteiger partial charge in [0.1, 0.15) is 17.3 Å². The van der Waals surface area contributed by atoms with Crippen molar-refractivity contribution in [2.45, 2.75) is 11.7 Å². The predicted octanol–water partition coefficient (Wildman–Crippen LogP) is 5.50. The summed E-state index contributed by atoms with van der Waals surface area (Å²) in [5.74, 6) is 2.92. The van der Waals surface area contributed by atoms with Crippen molar-refractivity contribution in [3.63, 3.8) is 0 Å². The molecule has 2 aromatic carbocycles. The molecule has 1 N–H and O–H groups in total. The molecule has 0 spiro atoms. The van der Waals surface area contributed by atoms with Gasteiger partial charge in [-0.2, -0.15) is 0 Å². The van der Waals surface area contributed by atoms with E-state index in [1.807, 2.05) is 83.4 Å². The number of thioether (sulfide) groups is 1. The Kier molecular flexibility index (Phi) is 6.86. The van der Waals surface area contributed by atoms with Gasteiger partial charge in [0.2, 0.25) is 5.91 Å². The first-order valence-electron chi connectivity index (χ1n) is 10.9. The minimum atomic E-state index is -0.148. The molecule has 0 aliphatic heterocycles. The van der Waals surface area contributed by atoms with Gasteiger partial charge in [0, 0.05) is 23.6 Å². The summed E-state index contributed by atoms with van der Waals surface area (Å²) in [6, 6.07) is 24.2. The molecule has 174 valence electrons. The van der Waals surface area contributed by atoms with Gasteiger partial charge in [0.25, 0.3) is 0 Å². The molecule has 35 heavy (non-hydrogen) atoms. The van der Waals surface area contributed by atoms with Crippen LogP contribution in [0.25, 0.3) is 11.4 Å². The maximum absolute atomic E-state index is 12.6. The van der Waals surface area contributed by atoms with Gasteiger partial charge in [-0.15, -0.1) is 10.2 Å². The third kappa shape index (κ3) is 5.77. The number of nitrogens with one attached hydrogen (secondary N) is 1. The highest BCUT2D eigenvalue weighted by atomic mass is 32.2. The second kappa shape index (κ2) is 10.7. The van der Waals surface area contributed by atoms with Crippen LogP contribution in [0.4, 0.5) is 5.69 Å². The first-order chi connectivity index (χ1) is 17.2. The predicted molar refractivity (Wildman–Crippen MR) is 133 cm³/mol. The van der Waals surface area contributed by atoms with E-state index in [-0.39, 0.29) is 11.7 Å². The van der Waals surface area contributed by atoms with E-state index in [4.69, 9.17) is 9.15 Å². The van der Waals surface area contributed by atoms with Gasteiger partial charge in [-0.25, -0.2) is 0 Å². The Balaban J connectivity index is 1.23. The molecule has 0 bridgehead atoms. The lowest BCUT2D eigenvalue weighted by molar-refractivity contribution is -0.113. The molecule has 5 aromatic rings. The highest BCUT2D eigenvalue weighted by Crippen LogP contribution is 2.26. The van der Waals surface area contributed by atoms with E-state index in [9.17, 15) is 4.79 Å². The van der Waals surface area contributed by atoms with Gasteiger partial charge < -0.3 is 14.5 Å². The molecular formula is C26H21N5O3S. The molecule has 0 saturated carbocycles. The number of carbonyl (C=O) groups is 1. The molecule has 0 atom stereocenters. The number of hydrogen-bond donors (Lipinski definition) is 1. The Labute approximate surface area is 206 Å². The minimum Gasteiger partial charge on any atom is -0.467 e. The zero-order valence-electron chi connectivity index (χ0n) is 18.6. The van der Waals surface area contributed by atoms with E-state index in [1.54, 1.807) is 18.7 Å². The van der Waals surface area contributed by atoms with E-state index in [1.165, 1.54) is 11.8 Å². The fourth-order valence-corrected chi connectivity index (χ4v) is 4.11. The highest BCUT2D eigenvalue weighted by molar-refractivity contribution is 7.99. The number of nitrogens with zero attached hydrogens (tertiary/aromatic N) is 4. The number of hydrogen-bond acceptors (Lipinski definition) is 7. The number of anilines is 1. The lowest BCUT2D eigenvalue weighted by atomic mass is 10.2. The van der Waals surface area contributed by atoms with Crippen LogP contribution < -0.4 is 10.1 Å². The standard InChI is InChI=1S/C26H21N5O3S/c32-24(28-20-8-10-22(11-9-20)34-21-5-2-1-3-6-21)18-35-26-30-29-25(19-12-14-27-15-13-19)31(26)17-23-7-4-16-33-23/h1-16H,17-18H2,(H,28,32). The first-order valence-corrected chi connectivity index (χ1v) is 11.8. The van der Waals surface area contributed by atoms with Crippen LogP contribution >= 0.6 is 11.8 Å². The fourth-order valence-electron chi connectivity index (χ4n) is 3.37. The van der Waals surface area contributed by atoms with Crippen LogP contribution in [0.2, 0.25) is 0 Å². The summed E-state index contributed by atoms with van der Waals surface area (Å²) >= 11 is 1.31.